The lowest BCUT2D eigenvalue weighted by atomic mass is 9.57. The molecule has 0 radical (unpaired) electrons. The van der Waals surface area contributed by atoms with Crippen LogP contribution in [0.5, 0.6) is 5.75 Å². The van der Waals surface area contributed by atoms with Crippen molar-refractivity contribution in [2.45, 2.75) is 56.0 Å². The first kappa shape index (κ1) is 27.2. The number of rotatable bonds is 4. The Morgan fingerprint density at radius 1 is 1.18 bits per heavy atom. The minimum Gasteiger partial charge on any atom is -0.511 e. The van der Waals surface area contributed by atoms with Crippen molar-refractivity contribution in [1.82, 2.24) is 10.1 Å². The highest BCUT2D eigenvalue weighted by atomic mass is 19.2. The normalized spacial score (nSPS) is 28.0. The van der Waals surface area contributed by atoms with E-state index in [0.29, 0.717) is 5.82 Å². The molecule has 12 nitrogen and oxygen atoms in total. The number of phenolic OH excluding ortho intramolecular Hbond substituents is 1. The van der Waals surface area contributed by atoms with Gasteiger partial charge >= 0.3 is 0 Å². The van der Waals surface area contributed by atoms with Gasteiger partial charge in [-0.3, -0.25) is 14.4 Å². The molecule has 1 aromatic heterocycles. The summed E-state index contributed by atoms with van der Waals surface area (Å²) in [6.07, 6.45) is -3.35. The minimum absolute atomic E-state index is 0.0485. The predicted molar refractivity (Wildman–Crippen MR) is 133 cm³/mol. The van der Waals surface area contributed by atoms with Crippen LogP contribution in [0, 0.1) is 0 Å². The second kappa shape index (κ2) is 8.34. The molecule has 212 valence electrons. The molecule has 0 saturated carbocycles. The lowest BCUT2D eigenvalue weighted by Crippen LogP contribution is -2.68. The molecule has 0 aliphatic heterocycles. The number of nitrogens with two attached hydrogens (primary N) is 1. The zero-order valence-electron chi connectivity index (χ0n) is 21.9. The highest BCUT2D eigenvalue weighted by Gasteiger charge is 2.72. The van der Waals surface area contributed by atoms with Gasteiger partial charge in [-0.15, -0.1) is 0 Å². The van der Waals surface area contributed by atoms with Gasteiger partial charge in [0.1, 0.15) is 22.8 Å². The van der Waals surface area contributed by atoms with Crippen molar-refractivity contribution < 1.29 is 48.1 Å². The van der Waals surface area contributed by atoms with Gasteiger partial charge < -0.3 is 35.6 Å². The van der Waals surface area contributed by atoms with Crippen LogP contribution in [0.25, 0.3) is 11.5 Å². The Morgan fingerprint density at radius 3 is 2.38 bits per heavy atom. The molecule has 1 heterocycles. The first-order valence-electron chi connectivity index (χ1n) is 12.2. The fraction of sp³-hybridized carbons (Fsp3) is 0.423. The molecular formula is C26H26F2N4O8. The first-order chi connectivity index (χ1) is 18.5. The van der Waals surface area contributed by atoms with Crippen molar-refractivity contribution in [2.75, 3.05) is 19.0 Å². The van der Waals surface area contributed by atoms with Crippen LogP contribution in [0.3, 0.4) is 0 Å². The topological polar surface area (TPSA) is 200 Å². The number of hydrogen-bond acceptors (Lipinski definition) is 11. The molecule has 6 N–H and O–H groups in total. The summed E-state index contributed by atoms with van der Waals surface area (Å²) in [5.74, 6) is -8.18. The van der Waals surface area contributed by atoms with E-state index in [0.717, 1.165) is 0 Å². The van der Waals surface area contributed by atoms with Crippen molar-refractivity contribution >= 4 is 23.2 Å². The summed E-state index contributed by atoms with van der Waals surface area (Å²) in [6.45, 7) is 3.60. The lowest BCUT2D eigenvalue weighted by molar-refractivity contribution is -0.167. The molecule has 5 rings (SSSR count). The number of benzene rings is 1. The molecule has 3 aliphatic rings. The number of halogens is 2. The monoisotopic (exact) mass is 560 g/mol. The molecule has 0 spiro atoms. The van der Waals surface area contributed by atoms with Crippen LogP contribution >= 0.6 is 0 Å². The second-order valence-electron chi connectivity index (χ2n) is 10.9. The third-order valence-electron chi connectivity index (χ3n) is 7.74. The predicted octanol–water partition coefficient (Wildman–Crippen LogP) is 2.00. The number of allylic oxidation sites excluding steroid dienone is 2. The maximum atomic E-state index is 16.8. The number of hydrogen-bond donors (Lipinski definition) is 5. The zero-order valence-corrected chi connectivity index (χ0v) is 21.9. The Bertz CT molecular complexity index is 1590. The summed E-state index contributed by atoms with van der Waals surface area (Å²) in [7, 11) is 3.15. The molecule has 3 atom stereocenters. The number of aromatic nitrogens is 2. The van der Waals surface area contributed by atoms with E-state index in [1.54, 1.807) is 27.9 Å². The van der Waals surface area contributed by atoms with Crippen molar-refractivity contribution in [1.29, 1.82) is 0 Å². The molecule has 2 aromatic rings. The van der Waals surface area contributed by atoms with Gasteiger partial charge in [-0.2, -0.15) is 4.98 Å². The molecule has 0 bridgehead atoms. The fourth-order valence-electron chi connectivity index (χ4n) is 5.82. The molecule has 3 aliphatic carbocycles. The van der Waals surface area contributed by atoms with E-state index in [1.807, 2.05) is 0 Å². The van der Waals surface area contributed by atoms with Gasteiger partial charge in [-0.1, -0.05) is 19.0 Å². The summed E-state index contributed by atoms with van der Waals surface area (Å²) >= 11 is 0. The van der Waals surface area contributed by atoms with Crippen LogP contribution in [0.4, 0.5) is 14.5 Å². The van der Waals surface area contributed by atoms with Crippen LogP contribution in [0.2, 0.25) is 0 Å². The van der Waals surface area contributed by atoms with E-state index < -0.39 is 87.7 Å². The van der Waals surface area contributed by atoms with Crippen molar-refractivity contribution in [2.24, 2.45) is 5.73 Å². The number of primary amides is 1. The number of amides is 1. The smallest absolute Gasteiger partial charge is 0.261 e. The standard InChI is InChI=1S/C26H26F2N4O8/c1-9(2)22-30-23(40-31-22)10-5-12(32(3)4)11-6-24(27)8-25(28)7-13(33)15(21(29)38)19(36)26(25,39)20(37)16(24)18(35)14(11)17(10)34/h5,9,33-34,37,39H,6-8H2,1-4H3,(H2,29,38)/t24-,25+,26-/m1/s1. The van der Waals surface area contributed by atoms with Crippen molar-refractivity contribution in [3.05, 3.63) is 45.7 Å². The number of ketones is 2. The second-order valence-corrected chi connectivity index (χ2v) is 10.9. The van der Waals surface area contributed by atoms with Crippen molar-refractivity contribution in [3.63, 3.8) is 0 Å². The highest BCUT2D eigenvalue weighted by Crippen LogP contribution is 2.59. The molecule has 0 unspecified atom stereocenters. The van der Waals surface area contributed by atoms with Crippen LogP contribution in [-0.2, 0) is 16.0 Å². The summed E-state index contributed by atoms with van der Waals surface area (Å²) in [5, 5.41) is 47.6. The Hall–Kier alpha value is -4.33. The number of fused-ring (bicyclic) bond motifs is 3. The van der Waals surface area contributed by atoms with Gasteiger partial charge in [0.2, 0.25) is 11.4 Å². The van der Waals surface area contributed by atoms with E-state index in [1.165, 1.54) is 11.0 Å². The number of anilines is 1. The highest BCUT2D eigenvalue weighted by molar-refractivity contribution is 6.25. The number of Topliss-reactive ketones (excluding diaryl/α,β-unsaturated/α-hetero) is 2. The van der Waals surface area contributed by atoms with Crippen LogP contribution in [0.1, 0.15) is 54.4 Å². The molecular weight excluding hydrogens is 534 g/mol. The van der Waals surface area contributed by atoms with Crippen LogP contribution in [0.15, 0.2) is 33.3 Å². The SMILES string of the molecule is CC(C)c1noc(-c2cc(N(C)C)c3c(c2O)C(=O)C2=C(O)[C@]4(O)C(=O)C(C(N)=O)=C(O)C[C@]4(F)C[C@]2(F)C3)n1. The third-order valence-corrected chi connectivity index (χ3v) is 7.74. The number of aliphatic hydroxyl groups is 3. The van der Waals surface area contributed by atoms with Gasteiger partial charge in [-0.25, -0.2) is 8.78 Å². The Labute approximate surface area is 225 Å². The van der Waals surface area contributed by atoms with Gasteiger partial charge in [0.15, 0.2) is 22.9 Å². The number of aliphatic hydroxyl groups excluding tert-OH is 2. The van der Waals surface area contributed by atoms with Crippen molar-refractivity contribution in [3.8, 4) is 17.2 Å². The van der Waals surface area contributed by atoms with Crippen LogP contribution < -0.4 is 10.6 Å². The fourth-order valence-corrected chi connectivity index (χ4v) is 5.82. The molecule has 14 heteroatoms. The van der Waals surface area contributed by atoms with E-state index in [-0.39, 0.29) is 28.6 Å². The molecule has 0 fully saturated rings. The van der Waals surface area contributed by atoms with E-state index in [4.69, 9.17) is 10.3 Å². The van der Waals surface area contributed by atoms with Crippen LogP contribution in [-0.4, -0.2) is 79.1 Å². The van der Waals surface area contributed by atoms with E-state index >= 15 is 8.78 Å². The number of carbonyl (C=O) groups excluding carboxylic acids is 3. The average molecular weight is 561 g/mol. The molecule has 1 amide bonds. The van der Waals surface area contributed by atoms with Gasteiger partial charge in [-0.05, 0) is 11.6 Å². The zero-order chi connectivity index (χ0) is 29.7. The summed E-state index contributed by atoms with van der Waals surface area (Å²) < 4.78 is 38.4. The van der Waals surface area contributed by atoms with Gasteiger partial charge in [0.25, 0.3) is 11.8 Å². The largest absolute Gasteiger partial charge is 0.511 e. The summed E-state index contributed by atoms with van der Waals surface area (Å²) in [6, 6.07) is 1.39. The lowest BCUT2D eigenvalue weighted by Gasteiger charge is -2.51. The Balaban J connectivity index is 1.78. The summed E-state index contributed by atoms with van der Waals surface area (Å²) in [5.41, 5.74) is -7.60. The molecule has 0 saturated heterocycles. The number of nitrogens with zero attached hydrogens (tertiary/aromatic N) is 3. The quantitative estimate of drug-likeness (QED) is 0.343. The third kappa shape index (κ3) is 3.34. The molecule has 40 heavy (non-hydrogen) atoms. The first-order valence-corrected chi connectivity index (χ1v) is 12.2. The van der Waals surface area contributed by atoms with E-state index in [9.17, 15) is 34.8 Å². The maximum Gasteiger partial charge on any atom is 0.261 e. The number of alkyl halides is 2. The average Bonchev–Trinajstić information content (AvgIpc) is 3.31. The summed E-state index contributed by atoms with van der Waals surface area (Å²) in [4.78, 5) is 44.5. The Kier molecular flexibility index (Phi) is 5.68. The number of aromatic hydroxyl groups is 1. The minimum atomic E-state index is -3.61. The number of phenols is 1. The van der Waals surface area contributed by atoms with Gasteiger partial charge in [0.05, 0.1) is 16.7 Å². The van der Waals surface area contributed by atoms with E-state index in [2.05, 4.69) is 10.1 Å². The number of carbonyl (C=O) groups is 3. The molecule has 1 aromatic carbocycles. The van der Waals surface area contributed by atoms with Gasteiger partial charge in [0, 0.05) is 45.0 Å². The Morgan fingerprint density at radius 2 is 1.82 bits per heavy atom. The maximum absolute atomic E-state index is 16.8.